The Kier molecular flexibility index (Phi) is 4.59. The van der Waals surface area contributed by atoms with Crippen molar-refractivity contribution in [2.75, 3.05) is 7.11 Å². The van der Waals surface area contributed by atoms with Crippen LogP contribution in [0.4, 0.5) is 0 Å². The molecule has 0 radical (unpaired) electrons. The van der Waals surface area contributed by atoms with Crippen molar-refractivity contribution in [3.8, 4) is 0 Å². The van der Waals surface area contributed by atoms with Crippen LogP contribution in [0.25, 0.3) is 0 Å². The number of nitrogens with one attached hydrogen (secondary N) is 1. The predicted octanol–water partition coefficient (Wildman–Crippen LogP) is 2.92. The minimum Gasteiger partial charge on any atom is -0.468 e. The Hall–Kier alpha value is -1.35. The number of methoxy groups -OCH3 is 1. The Balaban J connectivity index is 1.99. The molecule has 0 aliphatic heterocycles. The summed E-state index contributed by atoms with van der Waals surface area (Å²) in [6.07, 6.45) is 2.30. The topological polar surface area (TPSA) is 38.3 Å². The molecule has 1 aromatic carbocycles. The Morgan fingerprint density at radius 3 is 2.42 bits per heavy atom. The lowest BCUT2D eigenvalue weighted by Gasteiger charge is -2.40. The average Bonchev–Trinajstić information content (AvgIpc) is 2.37. The van der Waals surface area contributed by atoms with Crippen molar-refractivity contribution < 1.29 is 9.53 Å². The highest BCUT2D eigenvalue weighted by molar-refractivity contribution is 5.77. The zero-order valence-electron chi connectivity index (χ0n) is 11.9. The lowest BCUT2D eigenvalue weighted by atomic mass is 9.73. The summed E-state index contributed by atoms with van der Waals surface area (Å²) in [5, 5.41) is 3.43. The minimum atomic E-state index is -0.343. The third kappa shape index (κ3) is 3.35. The number of carbonyl (C=O) groups is 1. The molecule has 3 nitrogen and oxygen atoms in total. The first-order valence-corrected chi connectivity index (χ1v) is 7.00. The molecule has 0 bridgehead atoms. The van der Waals surface area contributed by atoms with Crippen LogP contribution in [0.3, 0.4) is 0 Å². The van der Waals surface area contributed by atoms with Gasteiger partial charge in [-0.1, -0.05) is 44.2 Å². The number of ether oxygens (including phenoxy) is 1. The van der Waals surface area contributed by atoms with Crippen molar-refractivity contribution >= 4 is 5.97 Å². The van der Waals surface area contributed by atoms with Gasteiger partial charge in [-0.05, 0) is 30.2 Å². The lowest BCUT2D eigenvalue weighted by Crippen LogP contribution is -2.46. The largest absolute Gasteiger partial charge is 0.468 e. The molecule has 1 unspecified atom stereocenters. The fourth-order valence-corrected chi connectivity index (χ4v) is 2.64. The van der Waals surface area contributed by atoms with Crippen molar-refractivity contribution in [1.82, 2.24) is 5.32 Å². The van der Waals surface area contributed by atoms with E-state index in [1.165, 1.54) is 7.11 Å². The van der Waals surface area contributed by atoms with Gasteiger partial charge >= 0.3 is 5.97 Å². The highest BCUT2D eigenvalue weighted by atomic mass is 16.5. The van der Waals surface area contributed by atoms with Gasteiger partial charge in [0.2, 0.25) is 0 Å². The molecule has 19 heavy (non-hydrogen) atoms. The molecule has 1 aliphatic rings. The average molecular weight is 261 g/mol. The molecule has 1 aliphatic carbocycles. The van der Waals surface area contributed by atoms with E-state index in [1.807, 2.05) is 30.3 Å². The second kappa shape index (κ2) is 6.20. The zero-order valence-corrected chi connectivity index (χ0v) is 11.9. The number of hydrogen-bond acceptors (Lipinski definition) is 3. The Labute approximate surface area is 115 Å². The van der Waals surface area contributed by atoms with Crippen molar-refractivity contribution in [3.63, 3.8) is 0 Å². The van der Waals surface area contributed by atoms with Crippen LogP contribution in [0.15, 0.2) is 30.3 Å². The molecule has 1 N–H and O–H groups in total. The van der Waals surface area contributed by atoms with Gasteiger partial charge < -0.3 is 4.74 Å². The van der Waals surface area contributed by atoms with Gasteiger partial charge in [-0.3, -0.25) is 5.32 Å². The molecule has 1 aromatic rings. The van der Waals surface area contributed by atoms with Gasteiger partial charge in [-0.25, -0.2) is 4.79 Å². The minimum absolute atomic E-state index is 0.209. The number of benzene rings is 1. The Bertz CT molecular complexity index is 410. The quantitative estimate of drug-likeness (QED) is 0.828. The van der Waals surface area contributed by atoms with Crippen LogP contribution >= 0.6 is 0 Å². The van der Waals surface area contributed by atoms with E-state index >= 15 is 0 Å². The molecule has 3 heteroatoms. The van der Waals surface area contributed by atoms with E-state index in [0.717, 1.165) is 30.2 Å². The third-order valence-electron chi connectivity index (χ3n) is 4.09. The van der Waals surface area contributed by atoms with Gasteiger partial charge in [0, 0.05) is 6.04 Å². The van der Waals surface area contributed by atoms with Gasteiger partial charge in [0.05, 0.1) is 7.11 Å². The number of esters is 1. The molecule has 104 valence electrons. The first-order chi connectivity index (χ1) is 9.11. The summed E-state index contributed by atoms with van der Waals surface area (Å²) in [5.41, 5.74) is 0.974. The number of rotatable bonds is 5. The summed E-state index contributed by atoms with van der Waals surface area (Å²) in [6, 6.07) is 9.87. The normalized spacial score (nSPS) is 23.8. The molecular formula is C16H23NO2. The number of hydrogen-bond donors (Lipinski definition) is 1. The van der Waals surface area contributed by atoms with Crippen molar-refractivity contribution in [2.24, 2.45) is 11.8 Å². The van der Waals surface area contributed by atoms with Crippen LogP contribution in [-0.4, -0.2) is 19.1 Å². The van der Waals surface area contributed by atoms with Crippen LogP contribution in [0.2, 0.25) is 0 Å². The van der Waals surface area contributed by atoms with Crippen LogP contribution in [0.5, 0.6) is 0 Å². The second-order valence-corrected chi connectivity index (χ2v) is 5.71. The molecule has 0 spiro atoms. The maximum absolute atomic E-state index is 11.9. The molecule has 1 fully saturated rings. The molecular weight excluding hydrogens is 238 g/mol. The SMILES string of the molecule is COC(=O)C(NC1CC(C(C)C)C1)c1ccccc1. The van der Waals surface area contributed by atoms with E-state index in [4.69, 9.17) is 4.74 Å². The van der Waals surface area contributed by atoms with Crippen LogP contribution < -0.4 is 5.32 Å². The maximum Gasteiger partial charge on any atom is 0.327 e. The van der Waals surface area contributed by atoms with E-state index < -0.39 is 0 Å². The fraction of sp³-hybridized carbons (Fsp3) is 0.562. The molecule has 0 heterocycles. The molecule has 2 rings (SSSR count). The van der Waals surface area contributed by atoms with E-state index in [-0.39, 0.29) is 12.0 Å². The van der Waals surface area contributed by atoms with E-state index in [2.05, 4.69) is 19.2 Å². The van der Waals surface area contributed by atoms with E-state index in [1.54, 1.807) is 0 Å². The molecule has 0 saturated heterocycles. The fourth-order valence-electron chi connectivity index (χ4n) is 2.64. The van der Waals surface area contributed by atoms with Crippen molar-refractivity contribution in [1.29, 1.82) is 0 Å². The van der Waals surface area contributed by atoms with Crippen molar-refractivity contribution in [3.05, 3.63) is 35.9 Å². The van der Waals surface area contributed by atoms with Gasteiger partial charge in [-0.2, -0.15) is 0 Å². The molecule has 1 saturated carbocycles. The highest BCUT2D eigenvalue weighted by Gasteiger charge is 2.34. The van der Waals surface area contributed by atoms with Gasteiger partial charge in [-0.15, -0.1) is 0 Å². The highest BCUT2D eigenvalue weighted by Crippen LogP contribution is 2.35. The summed E-state index contributed by atoms with van der Waals surface area (Å²) in [6.45, 7) is 4.52. The third-order valence-corrected chi connectivity index (χ3v) is 4.09. The number of carbonyl (C=O) groups excluding carboxylic acids is 1. The van der Waals surface area contributed by atoms with Gasteiger partial charge in [0.1, 0.15) is 6.04 Å². The summed E-state index contributed by atoms with van der Waals surface area (Å²) >= 11 is 0. The van der Waals surface area contributed by atoms with Crippen LogP contribution in [-0.2, 0) is 9.53 Å². The van der Waals surface area contributed by atoms with E-state index in [0.29, 0.717) is 6.04 Å². The summed E-state index contributed by atoms with van der Waals surface area (Å²) in [7, 11) is 1.44. The monoisotopic (exact) mass is 261 g/mol. The van der Waals surface area contributed by atoms with Gasteiger partial charge in [0.25, 0.3) is 0 Å². The molecule has 1 atom stereocenters. The summed E-state index contributed by atoms with van der Waals surface area (Å²) < 4.78 is 4.91. The van der Waals surface area contributed by atoms with Crippen molar-refractivity contribution in [2.45, 2.75) is 38.8 Å². The maximum atomic E-state index is 11.9. The van der Waals surface area contributed by atoms with Crippen LogP contribution in [0, 0.1) is 11.8 Å². The predicted molar refractivity (Wildman–Crippen MR) is 75.7 cm³/mol. The van der Waals surface area contributed by atoms with Gasteiger partial charge in [0.15, 0.2) is 0 Å². The first kappa shape index (κ1) is 14.1. The molecule has 0 aromatic heterocycles. The van der Waals surface area contributed by atoms with Crippen LogP contribution in [0.1, 0.15) is 38.3 Å². The zero-order chi connectivity index (χ0) is 13.8. The first-order valence-electron chi connectivity index (χ1n) is 7.00. The Morgan fingerprint density at radius 1 is 1.26 bits per heavy atom. The standard InChI is InChI=1S/C16H23NO2/c1-11(2)13-9-14(10-13)17-15(16(18)19-3)12-7-5-4-6-8-12/h4-8,11,13-15,17H,9-10H2,1-3H3. The molecule has 0 amide bonds. The second-order valence-electron chi connectivity index (χ2n) is 5.71. The smallest absolute Gasteiger partial charge is 0.327 e. The lowest BCUT2D eigenvalue weighted by molar-refractivity contribution is -0.143. The summed E-state index contributed by atoms with van der Waals surface area (Å²) in [4.78, 5) is 11.9. The summed E-state index contributed by atoms with van der Waals surface area (Å²) in [5.74, 6) is 1.30. The van der Waals surface area contributed by atoms with E-state index in [9.17, 15) is 4.79 Å². The Morgan fingerprint density at radius 2 is 1.89 bits per heavy atom.